The summed E-state index contributed by atoms with van der Waals surface area (Å²) >= 11 is 0. The third kappa shape index (κ3) is 2.71. The first-order valence-electron chi connectivity index (χ1n) is 14.4. The van der Waals surface area contributed by atoms with Crippen LogP contribution >= 0.6 is 0 Å². The lowest BCUT2D eigenvalue weighted by Gasteiger charge is -2.23. The number of aromatic nitrogens is 2. The van der Waals surface area contributed by atoms with Crippen molar-refractivity contribution in [3.8, 4) is 5.75 Å². The smallest absolute Gasteiger partial charge is 0.265 e. The Morgan fingerprint density at radius 1 is 0.683 bits per heavy atom. The quantitative estimate of drug-likeness (QED) is 0.197. The van der Waals surface area contributed by atoms with E-state index in [9.17, 15) is 4.79 Å². The number of aryl methyl sites for hydroxylation is 1. The number of imidazole rings is 1. The summed E-state index contributed by atoms with van der Waals surface area (Å²) in [5, 5.41) is 13.5. The summed E-state index contributed by atoms with van der Waals surface area (Å²) in [4.78, 5) is 19.7. The first kappa shape index (κ1) is 23.3. The molecule has 0 amide bonds. The summed E-state index contributed by atoms with van der Waals surface area (Å²) in [5.41, 5.74) is 4.42. The van der Waals surface area contributed by atoms with Crippen LogP contribution in [-0.2, 0) is 5.41 Å². The molecule has 0 radical (unpaired) electrons. The van der Waals surface area contributed by atoms with E-state index in [1.165, 1.54) is 48.8 Å². The number of benzene rings is 6. The second-order valence-electron chi connectivity index (χ2n) is 14.0. The molecule has 200 valence electrons. The molecule has 4 nitrogen and oxygen atoms in total. The van der Waals surface area contributed by atoms with E-state index in [1.807, 2.05) is 4.40 Å². The topological polar surface area (TPSA) is 43.6 Å². The fourth-order valence-electron chi connectivity index (χ4n) is 7.47. The maximum Gasteiger partial charge on any atom is 0.265 e. The minimum absolute atomic E-state index is 0.00530. The van der Waals surface area contributed by atoms with E-state index in [0.717, 1.165) is 49.4 Å². The third-order valence-corrected chi connectivity index (χ3v) is 9.17. The zero-order chi connectivity index (χ0) is 28.3. The zero-order valence-corrected chi connectivity index (χ0v) is 24.4. The van der Waals surface area contributed by atoms with Gasteiger partial charge in [-0.05, 0) is 118 Å². The molecule has 0 aliphatic rings. The van der Waals surface area contributed by atoms with Gasteiger partial charge in [0.1, 0.15) is 17.0 Å². The van der Waals surface area contributed by atoms with E-state index in [2.05, 4.69) is 103 Å². The molecule has 0 saturated heterocycles. The highest BCUT2D eigenvalue weighted by molar-refractivity contribution is 6.49. The highest BCUT2D eigenvalue weighted by Crippen LogP contribution is 2.53. The Morgan fingerprint density at radius 2 is 1.34 bits per heavy atom. The van der Waals surface area contributed by atoms with E-state index in [-0.39, 0.29) is 16.6 Å². The minimum Gasteiger partial charge on any atom is -0.487 e. The molecule has 7 aromatic carbocycles. The lowest BCUT2D eigenvalue weighted by atomic mass is 9.87. The van der Waals surface area contributed by atoms with Gasteiger partial charge in [-0.3, -0.25) is 9.20 Å². The molecular formula is C37H30N2O2. The highest BCUT2D eigenvalue weighted by atomic mass is 16.5. The molecule has 0 bridgehead atoms. The van der Waals surface area contributed by atoms with Crippen molar-refractivity contribution in [3.05, 3.63) is 76.1 Å². The molecule has 41 heavy (non-hydrogen) atoms. The van der Waals surface area contributed by atoms with Crippen LogP contribution in [0.2, 0.25) is 0 Å². The van der Waals surface area contributed by atoms with Crippen LogP contribution in [0.15, 0.2) is 59.4 Å². The summed E-state index contributed by atoms with van der Waals surface area (Å²) < 4.78 is 8.51. The van der Waals surface area contributed by atoms with Crippen molar-refractivity contribution in [2.45, 2.75) is 59.5 Å². The second-order valence-corrected chi connectivity index (χ2v) is 14.0. The van der Waals surface area contributed by atoms with Gasteiger partial charge in [0.25, 0.3) is 5.56 Å². The molecule has 9 aromatic rings. The van der Waals surface area contributed by atoms with Crippen LogP contribution in [0, 0.1) is 6.92 Å². The fourth-order valence-corrected chi connectivity index (χ4v) is 7.47. The summed E-state index contributed by atoms with van der Waals surface area (Å²) in [6.07, 6.45) is 0. The van der Waals surface area contributed by atoms with Gasteiger partial charge in [0.05, 0.1) is 16.4 Å². The van der Waals surface area contributed by atoms with E-state index in [4.69, 9.17) is 9.72 Å². The van der Waals surface area contributed by atoms with Crippen molar-refractivity contribution >= 4 is 81.3 Å². The Hall–Kier alpha value is -4.44. The Balaban J connectivity index is 1.61. The number of nitrogens with zero attached hydrogens (tertiary/aromatic N) is 2. The monoisotopic (exact) mass is 534 g/mol. The molecule has 2 heterocycles. The molecule has 0 aliphatic heterocycles. The maximum absolute atomic E-state index is 14.6. The Morgan fingerprint density at radius 3 is 2.05 bits per heavy atom. The van der Waals surface area contributed by atoms with Crippen LogP contribution in [0.3, 0.4) is 0 Å². The fraction of sp³-hybridized carbons (Fsp3) is 0.243. The van der Waals surface area contributed by atoms with Gasteiger partial charge in [-0.2, -0.15) is 0 Å². The second kappa shape index (κ2) is 6.88. The molecule has 0 unspecified atom stereocenters. The summed E-state index contributed by atoms with van der Waals surface area (Å²) in [6.45, 7) is 15.0. The minimum atomic E-state index is -0.376. The zero-order valence-electron chi connectivity index (χ0n) is 24.4. The van der Waals surface area contributed by atoms with Crippen LogP contribution in [-0.4, -0.2) is 15.0 Å². The molecule has 0 N–H and O–H groups in total. The molecule has 2 aromatic heterocycles. The van der Waals surface area contributed by atoms with Gasteiger partial charge < -0.3 is 4.74 Å². The standard InChI is InChI=1S/C37H30N2O2/c1-17-14-22-30-28-20(17)11-8-18-9-12-21-26(41-37(5,6)7)16-23(31(30)29(21)27(18)28)32-33(22)35(40)39-25-15-19(36(2,3)4)10-13-24(25)38-34(32)39/h8-16H,1-7H3. The molecule has 0 aliphatic carbocycles. The molecule has 9 rings (SSSR count). The number of hydrogen-bond acceptors (Lipinski definition) is 3. The number of ether oxygens (including phenoxy) is 1. The van der Waals surface area contributed by atoms with Crippen LogP contribution in [0.25, 0.3) is 81.3 Å². The van der Waals surface area contributed by atoms with Crippen molar-refractivity contribution in [3.63, 3.8) is 0 Å². The van der Waals surface area contributed by atoms with Gasteiger partial charge in [0.2, 0.25) is 0 Å². The Labute approximate surface area is 236 Å². The first-order chi connectivity index (χ1) is 19.4. The van der Waals surface area contributed by atoms with Gasteiger partial charge in [0.15, 0.2) is 0 Å². The van der Waals surface area contributed by atoms with E-state index in [0.29, 0.717) is 0 Å². The highest BCUT2D eigenvalue weighted by Gasteiger charge is 2.30. The predicted molar refractivity (Wildman–Crippen MR) is 173 cm³/mol. The van der Waals surface area contributed by atoms with Crippen LogP contribution < -0.4 is 10.3 Å². The maximum atomic E-state index is 14.6. The van der Waals surface area contributed by atoms with Gasteiger partial charge in [-0.15, -0.1) is 0 Å². The van der Waals surface area contributed by atoms with Crippen molar-refractivity contribution in [1.29, 1.82) is 0 Å². The van der Waals surface area contributed by atoms with Crippen molar-refractivity contribution in [1.82, 2.24) is 9.38 Å². The average molecular weight is 535 g/mol. The third-order valence-electron chi connectivity index (χ3n) is 9.17. The lowest BCUT2D eigenvalue weighted by Crippen LogP contribution is -2.23. The Kier molecular flexibility index (Phi) is 3.91. The average Bonchev–Trinajstić information content (AvgIpc) is 3.54. The van der Waals surface area contributed by atoms with Crippen LogP contribution in [0.4, 0.5) is 0 Å². The van der Waals surface area contributed by atoms with Crippen molar-refractivity contribution in [2.24, 2.45) is 0 Å². The SMILES string of the molecule is Cc1cc2c3c(=O)n4c5cc(C(C)(C)C)ccc5nc4c3c3cc(OC(C)(C)C)c4ccc5ccc1c1c5c4c3c21. The number of fused-ring (bicyclic) bond motifs is 7. The van der Waals surface area contributed by atoms with E-state index >= 15 is 0 Å². The van der Waals surface area contributed by atoms with Gasteiger partial charge >= 0.3 is 0 Å². The van der Waals surface area contributed by atoms with Gasteiger partial charge in [-0.25, -0.2) is 4.98 Å². The number of hydrogen-bond donors (Lipinski definition) is 0. The Bertz CT molecular complexity index is 2590. The van der Waals surface area contributed by atoms with Crippen LogP contribution in [0.1, 0.15) is 52.7 Å². The van der Waals surface area contributed by atoms with Crippen molar-refractivity contribution in [2.75, 3.05) is 0 Å². The molecule has 0 atom stereocenters. The largest absolute Gasteiger partial charge is 0.487 e. The first-order valence-corrected chi connectivity index (χ1v) is 14.4. The molecule has 0 fully saturated rings. The molecule has 4 heteroatoms. The van der Waals surface area contributed by atoms with Crippen LogP contribution in [0.5, 0.6) is 5.75 Å². The summed E-state index contributed by atoms with van der Waals surface area (Å²) in [7, 11) is 0. The normalized spacial score (nSPS) is 13.8. The lowest BCUT2D eigenvalue weighted by molar-refractivity contribution is 0.133. The van der Waals surface area contributed by atoms with Gasteiger partial charge in [0, 0.05) is 16.2 Å². The molecular weight excluding hydrogens is 504 g/mol. The van der Waals surface area contributed by atoms with E-state index < -0.39 is 0 Å². The van der Waals surface area contributed by atoms with E-state index in [1.54, 1.807) is 0 Å². The van der Waals surface area contributed by atoms with Crippen molar-refractivity contribution < 1.29 is 4.74 Å². The molecule has 0 saturated carbocycles. The van der Waals surface area contributed by atoms with Gasteiger partial charge in [-0.1, -0.05) is 45.0 Å². The predicted octanol–water partition coefficient (Wildman–Crippen LogP) is 9.30. The summed E-state index contributed by atoms with van der Waals surface area (Å²) in [6, 6.07) is 19.6. The number of rotatable bonds is 1. The summed E-state index contributed by atoms with van der Waals surface area (Å²) in [5.74, 6) is 0.849. The molecule has 0 spiro atoms.